The molecule has 0 bridgehead atoms. The number of fused-ring (bicyclic) bond motifs is 2. The van der Waals surface area contributed by atoms with Crippen molar-refractivity contribution in [2.75, 3.05) is 0 Å². The van der Waals surface area contributed by atoms with Crippen LogP contribution >= 0.6 is 0 Å². The number of carbonyl (C=O) groups is 2. The number of carbonyl (C=O) groups excluding carboxylic acids is 2. The molecule has 1 aliphatic heterocycles. The normalized spacial score (nSPS) is 38.3. The van der Waals surface area contributed by atoms with Crippen LogP contribution in [0.5, 0.6) is 0 Å². The van der Waals surface area contributed by atoms with Gasteiger partial charge in [-0.25, -0.2) is 9.59 Å². The number of esters is 2. The third kappa shape index (κ3) is 1.36. The van der Waals surface area contributed by atoms with E-state index in [0.29, 0.717) is 23.5 Å². The Morgan fingerprint density at radius 3 is 2.56 bits per heavy atom. The quantitative estimate of drug-likeness (QED) is 0.489. The zero-order valence-corrected chi connectivity index (χ0v) is 11.3. The number of cyclic esters (lactones) is 2. The fraction of sp³-hybridized carbons (Fsp3) is 0.733. The van der Waals surface area contributed by atoms with Crippen LogP contribution in [0.15, 0.2) is 11.1 Å². The van der Waals surface area contributed by atoms with Crippen LogP contribution in [0.1, 0.15) is 52.9 Å². The third-order valence-corrected chi connectivity index (χ3v) is 5.42. The lowest BCUT2D eigenvalue weighted by molar-refractivity contribution is -0.151. The first-order chi connectivity index (χ1) is 8.36. The van der Waals surface area contributed by atoms with E-state index in [4.69, 9.17) is 4.74 Å². The summed E-state index contributed by atoms with van der Waals surface area (Å²) in [6.45, 7) is 6.75. The van der Waals surface area contributed by atoms with E-state index in [2.05, 4.69) is 20.8 Å². The van der Waals surface area contributed by atoms with Gasteiger partial charge in [-0.3, -0.25) is 0 Å². The van der Waals surface area contributed by atoms with E-state index in [-0.39, 0.29) is 16.8 Å². The lowest BCUT2D eigenvalue weighted by Gasteiger charge is -2.53. The highest BCUT2D eigenvalue weighted by Crippen LogP contribution is 2.60. The van der Waals surface area contributed by atoms with Crippen molar-refractivity contribution in [2.45, 2.75) is 52.9 Å². The Kier molecular flexibility index (Phi) is 2.30. The molecule has 3 heteroatoms. The standard InChI is InChI=1S/C15H20O3/c1-14(2)7-4-8-15(3)10(14)6-5-9-11(15)13(17)18-12(9)16/h10H,4-8H2,1-3H3/t10-,15-/m1/s1. The summed E-state index contributed by atoms with van der Waals surface area (Å²) in [6, 6.07) is 0. The minimum absolute atomic E-state index is 0.154. The van der Waals surface area contributed by atoms with E-state index in [1.165, 1.54) is 6.42 Å². The summed E-state index contributed by atoms with van der Waals surface area (Å²) in [7, 11) is 0. The van der Waals surface area contributed by atoms with Gasteiger partial charge in [-0.1, -0.05) is 27.2 Å². The van der Waals surface area contributed by atoms with E-state index < -0.39 is 5.97 Å². The molecule has 18 heavy (non-hydrogen) atoms. The lowest BCUT2D eigenvalue weighted by atomic mass is 9.50. The maximum atomic E-state index is 12.0. The molecule has 98 valence electrons. The topological polar surface area (TPSA) is 43.4 Å². The summed E-state index contributed by atoms with van der Waals surface area (Å²) < 4.78 is 4.84. The Morgan fingerprint density at radius 2 is 1.83 bits per heavy atom. The molecule has 2 aliphatic carbocycles. The van der Waals surface area contributed by atoms with Gasteiger partial charge < -0.3 is 4.74 Å². The third-order valence-electron chi connectivity index (χ3n) is 5.42. The molecule has 0 aromatic rings. The maximum absolute atomic E-state index is 12.0. The zero-order chi connectivity index (χ0) is 13.1. The van der Waals surface area contributed by atoms with Crippen LogP contribution in [0.3, 0.4) is 0 Å². The number of hydrogen-bond acceptors (Lipinski definition) is 3. The summed E-state index contributed by atoms with van der Waals surface area (Å²) >= 11 is 0. The second-order valence-corrected chi connectivity index (χ2v) is 6.88. The first kappa shape index (κ1) is 11.9. The molecule has 0 aromatic carbocycles. The summed E-state index contributed by atoms with van der Waals surface area (Å²) in [4.78, 5) is 23.7. The summed E-state index contributed by atoms with van der Waals surface area (Å²) in [5.74, 6) is -0.283. The number of hydrogen-bond donors (Lipinski definition) is 0. The Morgan fingerprint density at radius 1 is 1.11 bits per heavy atom. The van der Waals surface area contributed by atoms with E-state index >= 15 is 0 Å². The van der Waals surface area contributed by atoms with Crippen LogP contribution in [0, 0.1) is 16.7 Å². The van der Waals surface area contributed by atoms with E-state index in [1.807, 2.05) is 0 Å². The van der Waals surface area contributed by atoms with Gasteiger partial charge in [0.15, 0.2) is 0 Å². The average Bonchev–Trinajstić information content (AvgIpc) is 2.54. The molecule has 0 radical (unpaired) electrons. The van der Waals surface area contributed by atoms with Crippen molar-refractivity contribution in [3.05, 3.63) is 11.1 Å². The van der Waals surface area contributed by atoms with Crippen LogP contribution in [0.25, 0.3) is 0 Å². The molecular weight excluding hydrogens is 228 g/mol. The zero-order valence-electron chi connectivity index (χ0n) is 11.3. The highest BCUT2D eigenvalue weighted by atomic mass is 16.6. The van der Waals surface area contributed by atoms with Crippen LogP contribution in [0.2, 0.25) is 0 Å². The maximum Gasteiger partial charge on any atom is 0.343 e. The number of rotatable bonds is 0. The molecule has 0 amide bonds. The molecule has 3 rings (SSSR count). The van der Waals surface area contributed by atoms with Gasteiger partial charge in [0.25, 0.3) is 0 Å². The Bertz CT molecular complexity index is 472. The second kappa shape index (κ2) is 3.46. The monoisotopic (exact) mass is 248 g/mol. The predicted molar refractivity (Wildman–Crippen MR) is 66.6 cm³/mol. The van der Waals surface area contributed by atoms with E-state index in [0.717, 1.165) is 19.3 Å². The van der Waals surface area contributed by atoms with Gasteiger partial charge in [0.1, 0.15) is 0 Å². The van der Waals surface area contributed by atoms with Crippen LogP contribution in [-0.2, 0) is 14.3 Å². The summed E-state index contributed by atoms with van der Waals surface area (Å²) in [5.41, 5.74) is 1.46. The molecule has 0 spiro atoms. The lowest BCUT2D eigenvalue weighted by Crippen LogP contribution is -2.46. The van der Waals surface area contributed by atoms with Crippen molar-refractivity contribution < 1.29 is 14.3 Å². The molecule has 0 unspecified atom stereocenters. The molecule has 1 heterocycles. The Labute approximate surface area is 108 Å². The van der Waals surface area contributed by atoms with Gasteiger partial charge in [-0.15, -0.1) is 0 Å². The van der Waals surface area contributed by atoms with Crippen molar-refractivity contribution in [1.29, 1.82) is 0 Å². The Balaban J connectivity index is 2.12. The molecule has 0 saturated heterocycles. The first-order valence-corrected chi connectivity index (χ1v) is 6.86. The van der Waals surface area contributed by atoms with Crippen LogP contribution in [0.4, 0.5) is 0 Å². The summed E-state index contributed by atoms with van der Waals surface area (Å²) in [5, 5.41) is 0. The van der Waals surface area contributed by atoms with Crippen LogP contribution in [-0.4, -0.2) is 11.9 Å². The highest BCUT2D eigenvalue weighted by Gasteiger charge is 2.56. The fourth-order valence-electron chi connectivity index (χ4n) is 4.65. The molecule has 1 saturated carbocycles. The van der Waals surface area contributed by atoms with Gasteiger partial charge in [0, 0.05) is 11.0 Å². The molecule has 1 fully saturated rings. The van der Waals surface area contributed by atoms with Gasteiger partial charge in [-0.2, -0.15) is 0 Å². The molecule has 3 aliphatic rings. The average molecular weight is 248 g/mol. The SMILES string of the molecule is CC1(C)CCC[C@@]2(C)C3=C(CC[C@H]12)C(=O)OC3=O. The van der Waals surface area contributed by atoms with E-state index in [9.17, 15) is 9.59 Å². The van der Waals surface area contributed by atoms with Gasteiger partial charge in [0.05, 0.1) is 5.57 Å². The molecule has 0 aromatic heterocycles. The predicted octanol–water partition coefficient (Wildman–Crippen LogP) is 2.99. The summed E-state index contributed by atoms with van der Waals surface area (Å²) in [6.07, 6.45) is 5.05. The van der Waals surface area contributed by atoms with Crippen molar-refractivity contribution >= 4 is 11.9 Å². The molecule has 0 N–H and O–H groups in total. The fourth-order valence-corrected chi connectivity index (χ4v) is 4.65. The number of ether oxygens (including phenoxy) is 1. The molecular formula is C15H20O3. The van der Waals surface area contributed by atoms with Gasteiger partial charge >= 0.3 is 11.9 Å². The second-order valence-electron chi connectivity index (χ2n) is 6.88. The molecule has 2 atom stereocenters. The largest absolute Gasteiger partial charge is 0.386 e. The minimum atomic E-state index is -0.391. The van der Waals surface area contributed by atoms with Gasteiger partial charge in [0.2, 0.25) is 0 Å². The van der Waals surface area contributed by atoms with Crippen molar-refractivity contribution in [1.82, 2.24) is 0 Å². The highest BCUT2D eigenvalue weighted by molar-refractivity contribution is 6.13. The minimum Gasteiger partial charge on any atom is -0.386 e. The van der Waals surface area contributed by atoms with Gasteiger partial charge in [-0.05, 0) is 37.0 Å². The van der Waals surface area contributed by atoms with Crippen LogP contribution < -0.4 is 0 Å². The smallest absolute Gasteiger partial charge is 0.343 e. The van der Waals surface area contributed by atoms with Crippen molar-refractivity contribution in [2.24, 2.45) is 16.7 Å². The van der Waals surface area contributed by atoms with Crippen molar-refractivity contribution in [3.8, 4) is 0 Å². The van der Waals surface area contributed by atoms with E-state index in [1.54, 1.807) is 0 Å². The first-order valence-electron chi connectivity index (χ1n) is 6.86. The Hall–Kier alpha value is -1.12. The molecule has 3 nitrogen and oxygen atoms in total. The van der Waals surface area contributed by atoms with Crippen molar-refractivity contribution in [3.63, 3.8) is 0 Å².